The molecule has 1 heterocycles. The smallest absolute Gasteiger partial charge is 0.238 e. The van der Waals surface area contributed by atoms with E-state index in [0.29, 0.717) is 24.5 Å². The molecule has 1 fully saturated rings. The second kappa shape index (κ2) is 4.82. The number of amides is 1. The molecule has 2 rings (SSSR count). The Labute approximate surface area is 99.3 Å². The Balaban J connectivity index is 2.07. The van der Waals surface area contributed by atoms with Gasteiger partial charge in [-0.3, -0.25) is 9.80 Å². The van der Waals surface area contributed by atoms with Crippen molar-refractivity contribution in [1.82, 2.24) is 10.4 Å². The summed E-state index contributed by atoms with van der Waals surface area (Å²) in [4.78, 5) is 11.6. The SMILES string of the molecule is NCCN1NC(c2ccc(Cl)cc2)CC1=O. The average Bonchev–Trinajstić information content (AvgIpc) is 2.62. The molecule has 1 aromatic rings. The van der Waals surface area contributed by atoms with E-state index < -0.39 is 0 Å². The van der Waals surface area contributed by atoms with Gasteiger partial charge in [-0.15, -0.1) is 0 Å². The maximum absolute atomic E-state index is 11.6. The highest BCUT2D eigenvalue weighted by Crippen LogP contribution is 2.24. The van der Waals surface area contributed by atoms with Gasteiger partial charge in [0, 0.05) is 24.5 Å². The molecule has 1 amide bonds. The number of hydrogen-bond acceptors (Lipinski definition) is 3. The number of rotatable bonds is 3. The predicted molar refractivity (Wildman–Crippen MR) is 62.7 cm³/mol. The number of nitrogens with one attached hydrogen (secondary N) is 1. The zero-order valence-corrected chi connectivity index (χ0v) is 9.57. The van der Waals surface area contributed by atoms with Crippen LogP contribution in [0, 0.1) is 0 Å². The van der Waals surface area contributed by atoms with Crippen molar-refractivity contribution in [3.8, 4) is 0 Å². The van der Waals surface area contributed by atoms with E-state index in [9.17, 15) is 4.79 Å². The lowest BCUT2D eigenvalue weighted by molar-refractivity contribution is -0.129. The van der Waals surface area contributed by atoms with Crippen LogP contribution in [0.1, 0.15) is 18.0 Å². The third-order valence-corrected chi connectivity index (χ3v) is 2.87. The monoisotopic (exact) mass is 239 g/mol. The van der Waals surface area contributed by atoms with Crippen molar-refractivity contribution in [2.45, 2.75) is 12.5 Å². The van der Waals surface area contributed by atoms with Crippen molar-refractivity contribution in [1.29, 1.82) is 0 Å². The van der Waals surface area contributed by atoms with Gasteiger partial charge in [0.05, 0.1) is 6.04 Å². The standard InChI is InChI=1S/C11H14ClN3O/c12-9-3-1-8(2-4-9)10-7-11(16)15(14-10)6-5-13/h1-4,10,14H,5-7,13H2. The fourth-order valence-electron chi connectivity index (χ4n) is 1.80. The Hall–Kier alpha value is -1.10. The van der Waals surface area contributed by atoms with Gasteiger partial charge in [0.15, 0.2) is 0 Å². The van der Waals surface area contributed by atoms with Crippen molar-refractivity contribution in [3.05, 3.63) is 34.9 Å². The van der Waals surface area contributed by atoms with Crippen LogP contribution in [0.5, 0.6) is 0 Å². The quantitative estimate of drug-likeness (QED) is 0.830. The molecule has 3 N–H and O–H groups in total. The molecule has 0 saturated carbocycles. The van der Waals surface area contributed by atoms with E-state index >= 15 is 0 Å². The van der Waals surface area contributed by atoms with Crippen LogP contribution < -0.4 is 11.2 Å². The van der Waals surface area contributed by atoms with Gasteiger partial charge in [-0.05, 0) is 17.7 Å². The highest BCUT2D eigenvalue weighted by atomic mass is 35.5. The van der Waals surface area contributed by atoms with Gasteiger partial charge >= 0.3 is 0 Å². The number of nitrogens with two attached hydrogens (primary N) is 1. The molecule has 1 saturated heterocycles. The minimum absolute atomic E-state index is 0.0383. The van der Waals surface area contributed by atoms with Crippen LogP contribution >= 0.6 is 11.6 Å². The normalized spacial score (nSPS) is 20.5. The van der Waals surface area contributed by atoms with Crippen molar-refractivity contribution < 1.29 is 4.79 Å². The number of benzene rings is 1. The highest BCUT2D eigenvalue weighted by molar-refractivity contribution is 6.30. The summed E-state index contributed by atoms with van der Waals surface area (Å²) in [5.74, 6) is 0.0883. The Morgan fingerprint density at radius 3 is 2.75 bits per heavy atom. The first-order valence-corrected chi connectivity index (χ1v) is 5.60. The number of hydrazine groups is 1. The summed E-state index contributed by atoms with van der Waals surface area (Å²) in [7, 11) is 0. The fraction of sp³-hybridized carbons (Fsp3) is 0.364. The first kappa shape index (κ1) is 11.4. The van der Waals surface area contributed by atoms with Crippen LogP contribution in [0.3, 0.4) is 0 Å². The molecule has 1 aliphatic heterocycles. The molecule has 1 atom stereocenters. The minimum Gasteiger partial charge on any atom is -0.329 e. The van der Waals surface area contributed by atoms with E-state index in [1.807, 2.05) is 24.3 Å². The molecule has 1 aromatic carbocycles. The van der Waals surface area contributed by atoms with Gasteiger partial charge < -0.3 is 5.73 Å². The van der Waals surface area contributed by atoms with Crippen LogP contribution in [-0.4, -0.2) is 24.0 Å². The molecule has 0 bridgehead atoms. The third kappa shape index (κ3) is 2.35. The molecule has 1 aliphatic rings. The van der Waals surface area contributed by atoms with E-state index in [1.54, 1.807) is 5.01 Å². The second-order valence-electron chi connectivity index (χ2n) is 3.77. The molecule has 1 unspecified atom stereocenters. The van der Waals surface area contributed by atoms with Crippen molar-refractivity contribution in [2.24, 2.45) is 5.73 Å². The van der Waals surface area contributed by atoms with E-state index in [-0.39, 0.29) is 11.9 Å². The summed E-state index contributed by atoms with van der Waals surface area (Å²) < 4.78 is 0. The van der Waals surface area contributed by atoms with Crippen LogP contribution in [0.25, 0.3) is 0 Å². The Morgan fingerprint density at radius 1 is 1.44 bits per heavy atom. The number of halogens is 1. The topological polar surface area (TPSA) is 58.4 Å². The maximum Gasteiger partial charge on any atom is 0.238 e. The summed E-state index contributed by atoms with van der Waals surface area (Å²) in [5.41, 5.74) is 9.63. The highest BCUT2D eigenvalue weighted by Gasteiger charge is 2.29. The number of hydrogen-bond donors (Lipinski definition) is 2. The first-order chi connectivity index (χ1) is 7.70. The van der Waals surface area contributed by atoms with Gasteiger partial charge in [-0.25, -0.2) is 5.43 Å². The predicted octanol–water partition coefficient (Wildman–Crippen LogP) is 1.08. The molecule has 5 heteroatoms. The molecular weight excluding hydrogens is 226 g/mol. The Bertz CT molecular complexity index is 379. The lowest BCUT2D eigenvalue weighted by Crippen LogP contribution is -2.38. The Kier molecular flexibility index (Phi) is 3.43. The summed E-state index contributed by atoms with van der Waals surface area (Å²) in [5, 5.41) is 2.28. The molecule has 0 aliphatic carbocycles. The molecule has 0 aromatic heterocycles. The third-order valence-electron chi connectivity index (χ3n) is 2.62. The summed E-state index contributed by atoms with van der Waals surface area (Å²) in [6.45, 7) is 1.01. The lowest BCUT2D eigenvalue weighted by atomic mass is 10.1. The minimum atomic E-state index is 0.0383. The second-order valence-corrected chi connectivity index (χ2v) is 4.21. The number of carbonyl (C=O) groups is 1. The molecule has 86 valence electrons. The van der Waals surface area contributed by atoms with E-state index in [0.717, 1.165) is 5.56 Å². The van der Waals surface area contributed by atoms with Crippen molar-refractivity contribution >= 4 is 17.5 Å². The molecule has 4 nitrogen and oxygen atoms in total. The number of carbonyl (C=O) groups excluding carboxylic acids is 1. The zero-order valence-electron chi connectivity index (χ0n) is 8.82. The van der Waals surface area contributed by atoms with Crippen LogP contribution in [-0.2, 0) is 4.79 Å². The van der Waals surface area contributed by atoms with E-state index in [1.165, 1.54) is 0 Å². The summed E-state index contributed by atoms with van der Waals surface area (Å²) >= 11 is 5.81. The van der Waals surface area contributed by atoms with Gasteiger partial charge in [0.2, 0.25) is 5.91 Å². The zero-order chi connectivity index (χ0) is 11.5. The average molecular weight is 240 g/mol. The van der Waals surface area contributed by atoms with Crippen LogP contribution in [0.4, 0.5) is 0 Å². The van der Waals surface area contributed by atoms with Gasteiger partial charge in [-0.1, -0.05) is 23.7 Å². The van der Waals surface area contributed by atoms with Gasteiger partial charge in [0.25, 0.3) is 0 Å². The van der Waals surface area contributed by atoms with Gasteiger partial charge in [-0.2, -0.15) is 0 Å². The van der Waals surface area contributed by atoms with Crippen LogP contribution in [0.2, 0.25) is 5.02 Å². The molecule has 0 radical (unpaired) electrons. The van der Waals surface area contributed by atoms with Crippen molar-refractivity contribution in [3.63, 3.8) is 0 Å². The summed E-state index contributed by atoms with van der Waals surface area (Å²) in [6, 6.07) is 7.55. The summed E-state index contributed by atoms with van der Waals surface area (Å²) in [6.07, 6.45) is 0.474. The molecular formula is C11H14ClN3O. The maximum atomic E-state index is 11.6. The van der Waals surface area contributed by atoms with E-state index in [4.69, 9.17) is 17.3 Å². The molecule has 16 heavy (non-hydrogen) atoms. The fourth-order valence-corrected chi connectivity index (χ4v) is 1.92. The number of nitrogens with zero attached hydrogens (tertiary/aromatic N) is 1. The molecule has 0 spiro atoms. The first-order valence-electron chi connectivity index (χ1n) is 5.23. The lowest BCUT2D eigenvalue weighted by Gasteiger charge is -2.17. The van der Waals surface area contributed by atoms with E-state index in [2.05, 4.69) is 5.43 Å². The van der Waals surface area contributed by atoms with Crippen LogP contribution in [0.15, 0.2) is 24.3 Å². The Morgan fingerprint density at radius 2 is 2.12 bits per heavy atom. The largest absolute Gasteiger partial charge is 0.329 e. The van der Waals surface area contributed by atoms with Gasteiger partial charge in [0.1, 0.15) is 0 Å². The van der Waals surface area contributed by atoms with Crippen molar-refractivity contribution in [2.75, 3.05) is 13.1 Å².